The van der Waals surface area contributed by atoms with Gasteiger partial charge in [-0.2, -0.15) is 0 Å². The van der Waals surface area contributed by atoms with Crippen LogP contribution in [0.5, 0.6) is 0 Å². The first-order chi connectivity index (χ1) is 17.5. The summed E-state index contributed by atoms with van der Waals surface area (Å²) in [5, 5.41) is 13.0. The molecule has 5 aromatic rings. The first-order valence-corrected chi connectivity index (χ1v) is 12.8. The molecule has 0 bridgehead atoms. The fourth-order valence-corrected chi connectivity index (χ4v) is 6.45. The summed E-state index contributed by atoms with van der Waals surface area (Å²) in [6.07, 6.45) is 3.95. The van der Waals surface area contributed by atoms with Crippen LogP contribution < -0.4 is 5.32 Å². The molecule has 2 N–H and O–H groups in total. The van der Waals surface area contributed by atoms with Gasteiger partial charge in [-0.3, -0.25) is 15.1 Å². The molecule has 1 saturated carbocycles. The van der Waals surface area contributed by atoms with Crippen LogP contribution in [0.1, 0.15) is 33.9 Å². The number of nitrogens with one attached hydrogen (secondary N) is 1. The van der Waals surface area contributed by atoms with Gasteiger partial charge in [0, 0.05) is 25.9 Å². The minimum atomic E-state index is -0.752. The zero-order valence-corrected chi connectivity index (χ0v) is 20.4. The molecule has 6 rings (SSSR count). The molecule has 0 unspecified atom stereocenters. The monoisotopic (exact) mass is 514 g/mol. The number of benzene rings is 1. The maximum atomic E-state index is 12.5. The van der Waals surface area contributed by atoms with Crippen LogP contribution in [0, 0.1) is 11.8 Å². The van der Waals surface area contributed by atoms with Gasteiger partial charge in [0.2, 0.25) is 5.76 Å². The maximum Gasteiger partial charge on any atom is 0.412 e. The number of aromatic nitrogens is 1. The SMILES string of the molecule is O=C(Nc1c(C#Cc2cc3sc(C4(C(=O)O)CC4)cc3s2)oc2cnccc12)OCc1ccccc1. The number of rotatable bonds is 5. The Morgan fingerprint density at radius 3 is 2.67 bits per heavy atom. The molecular formula is C27H18N2O5S2. The van der Waals surface area contributed by atoms with E-state index in [4.69, 9.17) is 9.15 Å². The van der Waals surface area contributed by atoms with E-state index in [-0.39, 0.29) is 6.61 Å². The lowest BCUT2D eigenvalue weighted by molar-refractivity contribution is -0.139. The van der Waals surface area contributed by atoms with Crippen molar-refractivity contribution in [2.45, 2.75) is 24.9 Å². The summed E-state index contributed by atoms with van der Waals surface area (Å²) in [5.41, 5.74) is 1.11. The lowest BCUT2D eigenvalue weighted by atomic mass is 10.1. The van der Waals surface area contributed by atoms with Crippen LogP contribution in [-0.2, 0) is 21.6 Å². The third kappa shape index (κ3) is 4.11. The molecule has 1 aromatic carbocycles. The zero-order chi connectivity index (χ0) is 24.7. The van der Waals surface area contributed by atoms with Crippen LogP contribution in [-0.4, -0.2) is 22.2 Å². The van der Waals surface area contributed by atoms with Crippen LogP contribution in [0.25, 0.3) is 20.4 Å². The van der Waals surface area contributed by atoms with E-state index >= 15 is 0 Å². The van der Waals surface area contributed by atoms with Gasteiger partial charge in [0.1, 0.15) is 17.7 Å². The number of anilines is 1. The standard InChI is InChI=1S/C27H18N2O5S2/c30-25(31)27(9-10-27)23-13-22-21(36-23)12-17(35-22)6-7-19-24(18-8-11-28-14-20(18)34-19)29-26(32)33-15-16-4-2-1-3-5-16/h1-5,8,11-14H,9-10,15H2,(H,29,32)(H,30,31). The number of amides is 1. The Bertz CT molecular complexity index is 1650. The van der Waals surface area contributed by atoms with E-state index in [9.17, 15) is 14.7 Å². The Morgan fingerprint density at radius 1 is 1.11 bits per heavy atom. The number of carbonyl (C=O) groups excluding carboxylic acids is 1. The van der Waals surface area contributed by atoms with Crippen LogP contribution in [0.15, 0.2) is 65.3 Å². The number of carboxylic acids is 1. The van der Waals surface area contributed by atoms with Crippen molar-refractivity contribution < 1.29 is 23.8 Å². The number of thiophene rings is 2. The number of fused-ring (bicyclic) bond motifs is 2. The van der Waals surface area contributed by atoms with Gasteiger partial charge in [0.05, 0.1) is 11.1 Å². The van der Waals surface area contributed by atoms with Crippen LogP contribution in [0.2, 0.25) is 0 Å². The van der Waals surface area contributed by atoms with Crippen molar-refractivity contribution in [3.63, 3.8) is 0 Å². The number of nitrogens with zero attached hydrogens (tertiary/aromatic N) is 1. The predicted octanol–water partition coefficient (Wildman–Crippen LogP) is 6.37. The Balaban J connectivity index is 1.25. The van der Waals surface area contributed by atoms with E-state index in [1.807, 2.05) is 42.5 Å². The molecule has 0 atom stereocenters. The maximum absolute atomic E-state index is 12.5. The van der Waals surface area contributed by atoms with Gasteiger partial charge in [0.25, 0.3) is 0 Å². The smallest absolute Gasteiger partial charge is 0.412 e. The van der Waals surface area contributed by atoms with Crippen molar-refractivity contribution in [2.75, 3.05) is 5.32 Å². The third-order valence-corrected chi connectivity index (χ3v) is 8.48. The quantitative estimate of drug-likeness (QED) is 0.264. The van der Waals surface area contributed by atoms with E-state index in [0.717, 1.165) is 24.7 Å². The van der Waals surface area contributed by atoms with Gasteiger partial charge in [-0.1, -0.05) is 30.3 Å². The second-order valence-electron chi connectivity index (χ2n) is 8.45. The molecule has 7 nitrogen and oxygen atoms in total. The van der Waals surface area contributed by atoms with Gasteiger partial charge in [-0.25, -0.2) is 4.79 Å². The van der Waals surface area contributed by atoms with Crippen LogP contribution in [0.3, 0.4) is 0 Å². The van der Waals surface area contributed by atoms with Crippen molar-refractivity contribution >= 4 is 60.8 Å². The average molecular weight is 515 g/mol. The molecule has 178 valence electrons. The van der Waals surface area contributed by atoms with Crippen molar-refractivity contribution in [1.82, 2.24) is 4.98 Å². The summed E-state index contributed by atoms with van der Waals surface area (Å²) in [6, 6.07) is 15.1. The molecule has 0 radical (unpaired) electrons. The van der Waals surface area contributed by atoms with Crippen LogP contribution >= 0.6 is 22.7 Å². The molecule has 0 spiro atoms. The number of hydrogen-bond acceptors (Lipinski definition) is 7. The third-order valence-electron chi connectivity index (χ3n) is 6.07. The second kappa shape index (κ2) is 8.82. The zero-order valence-electron chi connectivity index (χ0n) is 18.7. The summed E-state index contributed by atoms with van der Waals surface area (Å²) in [5.74, 6) is 5.70. The molecule has 0 aliphatic heterocycles. The van der Waals surface area contributed by atoms with E-state index in [1.54, 1.807) is 18.5 Å². The summed E-state index contributed by atoms with van der Waals surface area (Å²) in [6.45, 7) is 0.141. The van der Waals surface area contributed by atoms with Crippen LogP contribution in [0.4, 0.5) is 10.5 Å². The minimum absolute atomic E-state index is 0.141. The Kier molecular flexibility index (Phi) is 5.48. The number of furan rings is 1. The number of aliphatic carboxylic acids is 1. The highest BCUT2D eigenvalue weighted by atomic mass is 32.1. The number of hydrogen-bond donors (Lipinski definition) is 2. The summed E-state index contributed by atoms with van der Waals surface area (Å²) in [4.78, 5) is 30.0. The number of carboxylic acid groups (broad SMARTS) is 1. The fourth-order valence-electron chi connectivity index (χ4n) is 3.97. The molecule has 4 heterocycles. The number of pyridine rings is 1. The molecule has 1 aliphatic carbocycles. The molecule has 1 fully saturated rings. The Hall–Kier alpha value is -4.13. The molecule has 0 saturated heterocycles. The molecule has 9 heteroatoms. The first kappa shape index (κ1) is 22.3. The highest BCUT2D eigenvalue weighted by Gasteiger charge is 2.53. The lowest BCUT2D eigenvalue weighted by Gasteiger charge is -2.06. The normalized spacial score (nSPS) is 13.8. The Morgan fingerprint density at radius 2 is 1.92 bits per heavy atom. The van der Waals surface area contributed by atoms with Gasteiger partial charge in [-0.15, -0.1) is 22.7 Å². The molecule has 4 aromatic heterocycles. The highest BCUT2D eigenvalue weighted by molar-refractivity contribution is 7.28. The molecular weight excluding hydrogens is 496 g/mol. The topological polar surface area (TPSA) is 102 Å². The predicted molar refractivity (Wildman–Crippen MR) is 138 cm³/mol. The summed E-state index contributed by atoms with van der Waals surface area (Å²) < 4.78 is 13.3. The van der Waals surface area contributed by atoms with E-state index in [0.29, 0.717) is 35.3 Å². The summed E-state index contributed by atoms with van der Waals surface area (Å²) >= 11 is 3.02. The average Bonchev–Trinajstić information content (AvgIpc) is 3.32. The molecule has 1 aliphatic rings. The van der Waals surface area contributed by atoms with Crippen molar-refractivity contribution in [1.29, 1.82) is 0 Å². The van der Waals surface area contributed by atoms with Gasteiger partial charge in [0.15, 0.2) is 5.58 Å². The van der Waals surface area contributed by atoms with E-state index in [2.05, 4.69) is 22.1 Å². The molecule has 36 heavy (non-hydrogen) atoms. The molecule has 1 amide bonds. The van der Waals surface area contributed by atoms with E-state index in [1.165, 1.54) is 22.7 Å². The van der Waals surface area contributed by atoms with Crippen molar-refractivity contribution in [2.24, 2.45) is 0 Å². The Labute approximate surface area is 213 Å². The fraction of sp³-hybridized carbons (Fsp3) is 0.148. The number of carbonyl (C=O) groups is 2. The number of ether oxygens (including phenoxy) is 1. The first-order valence-electron chi connectivity index (χ1n) is 11.2. The highest BCUT2D eigenvalue weighted by Crippen LogP contribution is 2.52. The summed E-state index contributed by atoms with van der Waals surface area (Å²) in [7, 11) is 0. The lowest BCUT2D eigenvalue weighted by Crippen LogP contribution is -2.17. The minimum Gasteiger partial charge on any atom is -0.481 e. The van der Waals surface area contributed by atoms with E-state index < -0.39 is 17.5 Å². The van der Waals surface area contributed by atoms with Gasteiger partial charge < -0.3 is 14.3 Å². The van der Waals surface area contributed by atoms with Gasteiger partial charge in [-0.05, 0) is 48.4 Å². The van der Waals surface area contributed by atoms with Crippen molar-refractivity contribution in [3.05, 3.63) is 82.0 Å². The van der Waals surface area contributed by atoms with Gasteiger partial charge >= 0.3 is 12.1 Å². The van der Waals surface area contributed by atoms with Crippen molar-refractivity contribution in [3.8, 4) is 11.8 Å². The second-order valence-corrected chi connectivity index (χ2v) is 10.6. The largest absolute Gasteiger partial charge is 0.481 e.